The number of aromatic amines is 1. The van der Waals surface area contributed by atoms with Crippen molar-refractivity contribution in [1.29, 1.82) is 0 Å². The molecule has 0 saturated carbocycles. The van der Waals surface area contributed by atoms with Gasteiger partial charge in [-0.2, -0.15) is 5.10 Å². The third kappa shape index (κ3) is 3.89. The van der Waals surface area contributed by atoms with E-state index in [0.29, 0.717) is 5.69 Å². The van der Waals surface area contributed by atoms with Gasteiger partial charge >= 0.3 is 0 Å². The first kappa shape index (κ1) is 19.1. The molecule has 2 aliphatic rings. The van der Waals surface area contributed by atoms with Gasteiger partial charge < -0.3 is 15.5 Å². The van der Waals surface area contributed by atoms with E-state index in [1.165, 1.54) is 24.9 Å². The summed E-state index contributed by atoms with van der Waals surface area (Å²) in [7, 11) is 0. The van der Waals surface area contributed by atoms with Gasteiger partial charge in [-0.05, 0) is 69.0 Å². The van der Waals surface area contributed by atoms with Crippen molar-refractivity contribution in [2.45, 2.75) is 38.1 Å². The second-order valence-corrected chi connectivity index (χ2v) is 8.31. The Morgan fingerprint density at radius 1 is 1.03 bits per heavy atom. The van der Waals surface area contributed by atoms with E-state index in [4.69, 9.17) is 0 Å². The molecule has 0 spiro atoms. The van der Waals surface area contributed by atoms with Crippen LogP contribution in [0.3, 0.4) is 0 Å². The summed E-state index contributed by atoms with van der Waals surface area (Å²) in [4.78, 5) is 19.8. The van der Waals surface area contributed by atoms with Gasteiger partial charge in [0.1, 0.15) is 0 Å². The number of carbonyl (C=O) groups is 1. The fourth-order valence-corrected chi connectivity index (χ4v) is 4.50. The maximum Gasteiger partial charge on any atom is 0.272 e. The quantitative estimate of drug-likeness (QED) is 0.622. The minimum absolute atomic E-state index is 0.106. The van der Waals surface area contributed by atoms with Crippen LogP contribution < -0.4 is 15.5 Å². The summed E-state index contributed by atoms with van der Waals surface area (Å²) < 4.78 is 0. The molecule has 2 aliphatic heterocycles. The number of carbonyl (C=O) groups excluding carboxylic acids is 1. The molecule has 7 heteroatoms. The monoisotopic (exact) mass is 404 g/mol. The molecule has 30 heavy (non-hydrogen) atoms. The number of aromatic nitrogens is 3. The second kappa shape index (κ2) is 8.44. The summed E-state index contributed by atoms with van der Waals surface area (Å²) in [6, 6.07) is 8.51. The third-order valence-corrected chi connectivity index (χ3v) is 6.23. The van der Waals surface area contributed by atoms with Gasteiger partial charge in [0.2, 0.25) is 0 Å². The Kier molecular flexibility index (Phi) is 5.36. The van der Waals surface area contributed by atoms with Crippen LogP contribution in [0.1, 0.15) is 42.6 Å². The highest BCUT2D eigenvalue weighted by atomic mass is 16.2. The number of hydrogen-bond acceptors (Lipinski definition) is 5. The van der Waals surface area contributed by atoms with Gasteiger partial charge in [-0.15, -0.1) is 0 Å². The predicted octanol–water partition coefficient (Wildman–Crippen LogP) is 3.10. The Bertz CT molecular complexity index is 1030. The van der Waals surface area contributed by atoms with E-state index in [1.807, 2.05) is 24.5 Å². The lowest BCUT2D eigenvalue weighted by molar-refractivity contribution is 0.0926. The molecule has 0 aliphatic carbocycles. The molecule has 3 aromatic rings. The molecule has 0 atom stereocenters. The molecule has 1 amide bonds. The molecular weight excluding hydrogens is 376 g/mol. The van der Waals surface area contributed by atoms with Crippen molar-refractivity contribution >= 4 is 22.5 Å². The fraction of sp³-hybridized carbons (Fsp3) is 0.435. The zero-order chi connectivity index (χ0) is 20.3. The van der Waals surface area contributed by atoms with E-state index < -0.39 is 0 Å². The van der Waals surface area contributed by atoms with Crippen LogP contribution in [0.25, 0.3) is 22.0 Å². The highest BCUT2D eigenvalue weighted by molar-refractivity contribution is 6.05. The molecule has 4 heterocycles. The minimum Gasteiger partial charge on any atom is -0.370 e. The zero-order valence-corrected chi connectivity index (χ0v) is 17.2. The van der Waals surface area contributed by atoms with Gasteiger partial charge in [0.15, 0.2) is 5.69 Å². The minimum atomic E-state index is -0.106. The zero-order valence-electron chi connectivity index (χ0n) is 17.2. The molecule has 7 nitrogen and oxygen atoms in total. The number of benzene rings is 1. The molecule has 0 radical (unpaired) electrons. The topological polar surface area (TPSA) is 85.9 Å². The number of H-pyrrole nitrogens is 1. The summed E-state index contributed by atoms with van der Waals surface area (Å²) in [5.41, 5.74) is 4.61. The molecule has 5 rings (SSSR count). The van der Waals surface area contributed by atoms with Gasteiger partial charge in [0.25, 0.3) is 5.91 Å². The Morgan fingerprint density at radius 2 is 1.87 bits per heavy atom. The number of rotatable bonds is 4. The van der Waals surface area contributed by atoms with Crippen LogP contribution in [-0.2, 0) is 0 Å². The first-order valence-electron chi connectivity index (χ1n) is 11.0. The van der Waals surface area contributed by atoms with Crippen molar-refractivity contribution in [3.8, 4) is 11.1 Å². The summed E-state index contributed by atoms with van der Waals surface area (Å²) in [6.45, 7) is 4.06. The fourth-order valence-electron chi connectivity index (χ4n) is 4.50. The summed E-state index contributed by atoms with van der Waals surface area (Å²) >= 11 is 0. The highest BCUT2D eigenvalue weighted by Gasteiger charge is 2.20. The predicted molar refractivity (Wildman–Crippen MR) is 119 cm³/mol. The highest BCUT2D eigenvalue weighted by Crippen LogP contribution is 2.28. The average Bonchev–Trinajstić information content (AvgIpc) is 3.24. The normalized spacial score (nSPS) is 17.9. The summed E-state index contributed by atoms with van der Waals surface area (Å²) in [5, 5.41) is 14.6. The smallest absolute Gasteiger partial charge is 0.272 e. The van der Waals surface area contributed by atoms with E-state index in [-0.39, 0.29) is 11.9 Å². The molecule has 3 N–H and O–H groups in total. The Balaban J connectivity index is 1.42. The number of anilines is 1. The van der Waals surface area contributed by atoms with Crippen molar-refractivity contribution in [2.75, 3.05) is 31.1 Å². The first-order valence-corrected chi connectivity index (χ1v) is 11.0. The van der Waals surface area contributed by atoms with E-state index in [9.17, 15) is 4.79 Å². The molecule has 2 aromatic heterocycles. The molecule has 0 unspecified atom stereocenters. The lowest BCUT2D eigenvalue weighted by Crippen LogP contribution is -2.42. The van der Waals surface area contributed by atoms with Crippen LogP contribution in [0.2, 0.25) is 0 Å². The van der Waals surface area contributed by atoms with E-state index in [0.717, 1.165) is 61.1 Å². The Labute approximate surface area is 176 Å². The molecule has 0 bridgehead atoms. The van der Waals surface area contributed by atoms with Crippen LogP contribution in [0.15, 0.2) is 36.7 Å². The van der Waals surface area contributed by atoms with Crippen LogP contribution in [0.4, 0.5) is 5.69 Å². The largest absolute Gasteiger partial charge is 0.370 e. The van der Waals surface area contributed by atoms with Crippen LogP contribution in [0.5, 0.6) is 0 Å². The van der Waals surface area contributed by atoms with E-state index >= 15 is 0 Å². The van der Waals surface area contributed by atoms with Gasteiger partial charge in [-0.3, -0.25) is 14.9 Å². The molecule has 156 valence electrons. The van der Waals surface area contributed by atoms with Gasteiger partial charge in [0, 0.05) is 36.3 Å². The molecule has 2 fully saturated rings. The standard InChI is InChI=1S/C23H28N6O/c30-23(26-18-6-8-24-9-7-18)22-20-13-16(4-5-21(20)27-28-22)17-12-19(15-25-14-17)29-10-2-1-3-11-29/h4-5,12-15,18,24H,1-3,6-11H2,(H,26,30)(H,27,28). The lowest BCUT2D eigenvalue weighted by Gasteiger charge is -2.28. The number of piperidine rings is 2. The number of nitrogens with zero attached hydrogens (tertiary/aromatic N) is 3. The first-order chi connectivity index (χ1) is 14.8. The Morgan fingerprint density at radius 3 is 2.70 bits per heavy atom. The van der Waals surface area contributed by atoms with E-state index in [2.05, 4.69) is 42.8 Å². The lowest BCUT2D eigenvalue weighted by atomic mass is 10.0. The summed E-state index contributed by atoms with van der Waals surface area (Å²) in [6.07, 6.45) is 9.53. The van der Waals surface area contributed by atoms with Crippen molar-refractivity contribution < 1.29 is 4.79 Å². The van der Waals surface area contributed by atoms with Gasteiger partial charge in [-0.1, -0.05) is 6.07 Å². The maximum atomic E-state index is 12.9. The molecule has 2 saturated heterocycles. The number of nitrogens with one attached hydrogen (secondary N) is 3. The number of pyridine rings is 1. The van der Waals surface area contributed by atoms with Crippen molar-refractivity contribution in [2.24, 2.45) is 0 Å². The molecule has 1 aromatic carbocycles. The SMILES string of the molecule is O=C(NC1CCNCC1)c1n[nH]c2ccc(-c3cncc(N4CCCCC4)c3)cc12. The van der Waals surface area contributed by atoms with Gasteiger partial charge in [-0.25, -0.2) is 0 Å². The maximum absolute atomic E-state index is 12.9. The third-order valence-electron chi connectivity index (χ3n) is 6.23. The Hall–Kier alpha value is -2.93. The van der Waals surface area contributed by atoms with Crippen molar-refractivity contribution in [3.63, 3.8) is 0 Å². The summed E-state index contributed by atoms with van der Waals surface area (Å²) in [5.74, 6) is -0.106. The van der Waals surface area contributed by atoms with E-state index in [1.54, 1.807) is 0 Å². The average molecular weight is 405 g/mol. The van der Waals surface area contributed by atoms with Crippen LogP contribution in [-0.4, -0.2) is 53.3 Å². The number of amides is 1. The van der Waals surface area contributed by atoms with Crippen LogP contribution in [0, 0.1) is 0 Å². The van der Waals surface area contributed by atoms with Crippen molar-refractivity contribution in [1.82, 2.24) is 25.8 Å². The van der Waals surface area contributed by atoms with Gasteiger partial charge in [0.05, 0.1) is 17.4 Å². The van der Waals surface area contributed by atoms with Crippen molar-refractivity contribution in [3.05, 3.63) is 42.4 Å². The number of fused-ring (bicyclic) bond motifs is 1. The second-order valence-electron chi connectivity index (χ2n) is 8.31. The van der Waals surface area contributed by atoms with Crippen LogP contribution >= 0.6 is 0 Å². The molecular formula is C23H28N6O. The number of hydrogen-bond donors (Lipinski definition) is 3.